The Labute approximate surface area is 115 Å². The van der Waals surface area contributed by atoms with Crippen LogP contribution in [0.25, 0.3) is 10.9 Å². The maximum absolute atomic E-state index is 11.9. The van der Waals surface area contributed by atoms with E-state index < -0.39 is 0 Å². The molecule has 0 spiro atoms. The average molecular weight is 269 g/mol. The summed E-state index contributed by atoms with van der Waals surface area (Å²) in [6.45, 7) is 1.97. The van der Waals surface area contributed by atoms with E-state index in [2.05, 4.69) is 25.5 Å². The largest absolute Gasteiger partial charge is 0.348 e. The quantitative estimate of drug-likeness (QED) is 0.678. The lowest BCUT2D eigenvalue weighted by atomic mass is 10.2. The van der Waals surface area contributed by atoms with Gasteiger partial charge in [0, 0.05) is 35.1 Å². The lowest BCUT2D eigenvalue weighted by Gasteiger charge is -2.04. The number of nitrogens with one attached hydrogen (secondary N) is 3. The van der Waals surface area contributed by atoms with Crippen LogP contribution in [0, 0.1) is 6.92 Å². The Bertz CT molecular complexity index is 729. The number of anilines is 1. The van der Waals surface area contributed by atoms with Crippen molar-refractivity contribution in [3.63, 3.8) is 0 Å². The fraction of sp³-hybridized carbons (Fsp3) is 0.214. The first-order chi connectivity index (χ1) is 9.72. The molecule has 0 atom stereocenters. The van der Waals surface area contributed by atoms with E-state index in [9.17, 15) is 4.79 Å². The summed E-state index contributed by atoms with van der Waals surface area (Å²) in [6, 6.07) is 5.71. The van der Waals surface area contributed by atoms with Gasteiger partial charge in [-0.25, -0.2) is 4.98 Å². The predicted octanol–water partition coefficient (Wildman–Crippen LogP) is 2.17. The van der Waals surface area contributed by atoms with Gasteiger partial charge in [-0.2, -0.15) is 5.10 Å². The van der Waals surface area contributed by atoms with Crippen molar-refractivity contribution in [1.29, 1.82) is 0 Å². The highest BCUT2D eigenvalue weighted by molar-refractivity contribution is 5.94. The minimum atomic E-state index is -0.0220. The second-order valence-corrected chi connectivity index (χ2v) is 4.71. The van der Waals surface area contributed by atoms with E-state index in [1.54, 1.807) is 12.5 Å². The van der Waals surface area contributed by atoms with Crippen molar-refractivity contribution >= 4 is 22.5 Å². The zero-order valence-electron chi connectivity index (χ0n) is 11.1. The summed E-state index contributed by atoms with van der Waals surface area (Å²) >= 11 is 0. The molecule has 0 fully saturated rings. The molecule has 0 radical (unpaired) electrons. The molecule has 0 saturated heterocycles. The highest BCUT2D eigenvalue weighted by Gasteiger charge is 2.06. The van der Waals surface area contributed by atoms with Gasteiger partial charge in [-0.3, -0.25) is 9.89 Å². The molecule has 0 aliphatic rings. The molecule has 3 rings (SSSR count). The fourth-order valence-corrected chi connectivity index (χ4v) is 2.12. The lowest BCUT2D eigenvalue weighted by molar-refractivity contribution is -0.116. The summed E-state index contributed by atoms with van der Waals surface area (Å²) < 4.78 is 0. The van der Waals surface area contributed by atoms with Crippen LogP contribution in [0.4, 0.5) is 5.69 Å². The predicted molar refractivity (Wildman–Crippen MR) is 76.4 cm³/mol. The number of aryl methyl sites for hydroxylation is 2. The molecule has 0 saturated carbocycles. The number of carbonyl (C=O) groups excluding carboxylic acids is 1. The van der Waals surface area contributed by atoms with Gasteiger partial charge in [-0.1, -0.05) is 0 Å². The monoisotopic (exact) mass is 269 g/mol. The van der Waals surface area contributed by atoms with Gasteiger partial charge in [0.15, 0.2) is 0 Å². The van der Waals surface area contributed by atoms with Crippen molar-refractivity contribution in [1.82, 2.24) is 20.2 Å². The molecule has 2 heterocycles. The van der Waals surface area contributed by atoms with Crippen LogP contribution in [0.1, 0.15) is 17.8 Å². The molecule has 3 N–H and O–H groups in total. The summed E-state index contributed by atoms with van der Waals surface area (Å²) in [6.07, 6.45) is 4.41. The minimum absolute atomic E-state index is 0.0220. The van der Waals surface area contributed by atoms with Crippen LogP contribution in [0.2, 0.25) is 0 Å². The van der Waals surface area contributed by atoms with E-state index >= 15 is 0 Å². The van der Waals surface area contributed by atoms with Crippen molar-refractivity contribution < 1.29 is 4.79 Å². The molecule has 3 aromatic rings. The van der Waals surface area contributed by atoms with E-state index in [0.29, 0.717) is 12.8 Å². The number of aromatic nitrogens is 4. The van der Waals surface area contributed by atoms with Gasteiger partial charge in [0.2, 0.25) is 5.91 Å². The van der Waals surface area contributed by atoms with Crippen molar-refractivity contribution in [3.8, 4) is 0 Å². The molecule has 0 aliphatic carbocycles. The average Bonchev–Trinajstić information content (AvgIpc) is 3.07. The van der Waals surface area contributed by atoms with Gasteiger partial charge in [-0.15, -0.1) is 0 Å². The number of H-pyrrole nitrogens is 2. The van der Waals surface area contributed by atoms with E-state index in [4.69, 9.17) is 0 Å². The normalized spacial score (nSPS) is 10.8. The number of aromatic amines is 2. The number of fused-ring (bicyclic) bond motifs is 1. The SMILES string of the molecule is Cc1[nH]nc2cc(NC(=O)CCc3cnc[nH]3)ccc12. The Balaban J connectivity index is 1.64. The summed E-state index contributed by atoms with van der Waals surface area (Å²) in [5.74, 6) is -0.0220. The maximum atomic E-state index is 11.9. The third-order valence-electron chi connectivity index (χ3n) is 3.21. The molecule has 6 nitrogen and oxygen atoms in total. The number of nitrogens with zero attached hydrogens (tertiary/aromatic N) is 2. The van der Waals surface area contributed by atoms with Crippen LogP contribution in [0.3, 0.4) is 0 Å². The minimum Gasteiger partial charge on any atom is -0.348 e. The third-order valence-corrected chi connectivity index (χ3v) is 3.21. The molecular formula is C14H15N5O. The lowest BCUT2D eigenvalue weighted by Crippen LogP contribution is -2.12. The molecule has 6 heteroatoms. The van der Waals surface area contributed by atoms with E-state index in [1.807, 2.05) is 25.1 Å². The Morgan fingerprint density at radius 1 is 1.40 bits per heavy atom. The molecule has 1 aromatic carbocycles. The van der Waals surface area contributed by atoms with Crippen LogP contribution < -0.4 is 5.32 Å². The zero-order chi connectivity index (χ0) is 13.9. The molecule has 102 valence electrons. The Hall–Kier alpha value is -2.63. The van der Waals surface area contributed by atoms with Gasteiger partial charge in [0.05, 0.1) is 11.8 Å². The number of rotatable bonds is 4. The topological polar surface area (TPSA) is 86.5 Å². The van der Waals surface area contributed by atoms with Gasteiger partial charge >= 0.3 is 0 Å². The van der Waals surface area contributed by atoms with Crippen LogP contribution in [0.5, 0.6) is 0 Å². The first-order valence-electron chi connectivity index (χ1n) is 6.44. The van der Waals surface area contributed by atoms with Gasteiger partial charge in [0.25, 0.3) is 0 Å². The molecular weight excluding hydrogens is 254 g/mol. The zero-order valence-corrected chi connectivity index (χ0v) is 11.1. The summed E-state index contributed by atoms with van der Waals surface area (Å²) in [5.41, 5.74) is 3.60. The summed E-state index contributed by atoms with van der Waals surface area (Å²) in [7, 11) is 0. The molecule has 0 unspecified atom stereocenters. The second kappa shape index (κ2) is 5.16. The van der Waals surface area contributed by atoms with Crippen LogP contribution >= 0.6 is 0 Å². The smallest absolute Gasteiger partial charge is 0.224 e. The van der Waals surface area contributed by atoms with Crippen molar-refractivity contribution in [3.05, 3.63) is 42.1 Å². The van der Waals surface area contributed by atoms with Crippen LogP contribution in [0.15, 0.2) is 30.7 Å². The van der Waals surface area contributed by atoms with Gasteiger partial charge in [-0.05, 0) is 31.5 Å². The number of benzene rings is 1. The van der Waals surface area contributed by atoms with Crippen LogP contribution in [-0.4, -0.2) is 26.1 Å². The summed E-state index contributed by atoms with van der Waals surface area (Å²) in [5, 5.41) is 11.1. The number of hydrogen-bond donors (Lipinski definition) is 3. The Morgan fingerprint density at radius 2 is 2.30 bits per heavy atom. The van der Waals surface area contributed by atoms with Crippen molar-refractivity contribution in [2.75, 3.05) is 5.32 Å². The van der Waals surface area contributed by atoms with Crippen molar-refractivity contribution in [2.24, 2.45) is 0 Å². The first-order valence-corrected chi connectivity index (χ1v) is 6.44. The second-order valence-electron chi connectivity index (χ2n) is 4.71. The molecule has 0 aliphatic heterocycles. The molecule has 2 aromatic heterocycles. The highest BCUT2D eigenvalue weighted by Crippen LogP contribution is 2.19. The molecule has 0 bridgehead atoms. The number of carbonyl (C=O) groups is 1. The number of amides is 1. The molecule has 20 heavy (non-hydrogen) atoms. The number of imidazole rings is 1. The van der Waals surface area contributed by atoms with E-state index in [0.717, 1.165) is 28.0 Å². The number of hydrogen-bond acceptors (Lipinski definition) is 3. The van der Waals surface area contributed by atoms with Gasteiger partial charge in [0.1, 0.15) is 0 Å². The van der Waals surface area contributed by atoms with E-state index in [1.165, 1.54) is 0 Å². The summed E-state index contributed by atoms with van der Waals surface area (Å²) in [4.78, 5) is 18.8. The fourth-order valence-electron chi connectivity index (χ4n) is 2.12. The van der Waals surface area contributed by atoms with Crippen molar-refractivity contribution in [2.45, 2.75) is 19.8 Å². The highest BCUT2D eigenvalue weighted by atomic mass is 16.1. The Kier molecular flexibility index (Phi) is 3.20. The van der Waals surface area contributed by atoms with Crippen LogP contribution in [-0.2, 0) is 11.2 Å². The third kappa shape index (κ3) is 2.54. The maximum Gasteiger partial charge on any atom is 0.224 e. The first kappa shape index (κ1) is 12.4. The molecule has 1 amide bonds. The van der Waals surface area contributed by atoms with E-state index in [-0.39, 0.29) is 5.91 Å². The van der Waals surface area contributed by atoms with Gasteiger partial charge < -0.3 is 10.3 Å². The Morgan fingerprint density at radius 3 is 3.10 bits per heavy atom. The standard InChI is InChI=1S/C14H15N5O/c1-9-12-4-2-10(6-13(12)19-18-9)17-14(20)5-3-11-7-15-8-16-11/h2,4,6-8H,3,5H2,1H3,(H,15,16)(H,17,20)(H,18,19).